The van der Waals surface area contributed by atoms with Crippen LogP contribution >= 0.6 is 15.4 Å². The molecule has 6 atom stereocenters. The first-order chi connectivity index (χ1) is 13.3. The summed E-state index contributed by atoms with van der Waals surface area (Å²) in [6.07, 6.45) is 0.172. The Morgan fingerprint density at radius 1 is 1.31 bits per heavy atom. The molecule has 0 saturated heterocycles. The lowest BCUT2D eigenvalue weighted by Crippen LogP contribution is -2.38. The molecule has 0 amide bonds. The fourth-order valence-corrected chi connectivity index (χ4v) is 6.54. The Balaban J connectivity index is 2.39. The second-order valence-corrected chi connectivity index (χ2v) is 12.2. The highest BCUT2D eigenvalue weighted by atomic mass is 32.8. The number of nitrogens with zero attached hydrogens (tertiary/aromatic N) is 1. The summed E-state index contributed by atoms with van der Waals surface area (Å²) in [5.41, 5.74) is -1.32. The molecule has 12 nitrogen and oxygen atoms in total. The van der Waals surface area contributed by atoms with Gasteiger partial charge in [-0.15, -0.1) is 0 Å². The molecule has 1 aliphatic rings. The molecule has 0 radical (unpaired) electrons. The Morgan fingerprint density at radius 3 is 2.48 bits per heavy atom. The van der Waals surface area contributed by atoms with E-state index in [9.17, 15) is 33.4 Å². The lowest BCUT2D eigenvalue weighted by molar-refractivity contribution is -0.0211. The van der Waals surface area contributed by atoms with Crippen LogP contribution in [-0.2, 0) is 43.3 Å². The number of ether oxygens (including phenoxy) is 1. The zero-order valence-electron chi connectivity index (χ0n) is 15.4. The van der Waals surface area contributed by atoms with E-state index in [0.29, 0.717) is 0 Å². The van der Waals surface area contributed by atoms with Crippen molar-refractivity contribution in [3.8, 4) is 0 Å². The number of nitrogens with one attached hydrogen (secondary N) is 1. The number of H-pyrrole nitrogens is 1. The van der Waals surface area contributed by atoms with Crippen LogP contribution in [0.15, 0.2) is 21.9 Å². The van der Waals surface area contributed by atoms with Crippen LogP contribution in [0.5, 0.6) is 0 Å². The molecule has 4 N–H and O–H groups in total. The molecule has 1 saturated carbocycles. The van der Waals surface area contributed by atoms with Gasteiger partial charge in [-0.2, -0.15) is 0 Å². The summed E-state index contributed by atoms with van der Waals surface area (Å²) in [4.78, 5) is 54.0. The SMILES string of the molecule is CO[C@@H]1[C@H](OP(=O)(O)OS(C)=S)[C@@H](CCP(=O)(O)O)C[C@H]1n1ccc(=O)[nH]c1=O. The van der Waals surface area contributed by atoms with E-state index < -0.39 is 66.7 Å². The smallest absolute Gasteiger partial charge is 0.377 e. The van der Waals surface area contributed by atoms with Gasteiger partial charge in [-0.25, -0.2) is 13.3 Å². The number of methoxy groups -OCH3 is 1. The second kappa shape index (κ2) is 9.73. The summed E-state index contributed by atoms with van der Waals surface area (Å²) < 4.78 is 40.2. The van der Waals surface area contributed by atoms with Gasteiger partial charge >= 0.3 is 21.1 Å². The van der Waals surface area contributed by atoms with E-state index in [1.54, 1.807) is 0 Å². The maximum atomic E-state index is 12.3. The maximum Gasteiger partial charge on any atom is 0.484 e. The van der Waals surface area contributed by atoms with Gasteiger partial charge in [0.25, 0.3) is 5.56 Å². The Bertz CT molecular complexity index is 959. The zero-order chi connectivity index (χ0) is 22.0. The number of hydrogen-bond donors (Lipinski definition) is 4. The van der Waals surface area contributed by atoms with Crippen LogP contribution < -0.4 is 11.2 Å². The Kier molecular flexibility index (Phi) is 8.30. The fraction of sp³-hybridized carbons (Fsp3) is 0.692. The quantitative estimate of drug-likeness (QED) is 0.336. The number of hydrogen-bond acceptors (Lipinski definition) is 8. The summed E-state index contributed by atoms with van der Waals surface area (Å²) in [6, 6.07) is 0.409. The standard InChI is InChI=1S/C13H22N2O10P2S2/c1-23-12-9(15-5-3-10(16)14-13(15)17)7-8(4-6-26(18,19)20)11(12)24-27(21,22)25-29(2)28/h3,5,8-9,11-12H,4,6-7H2,1-2H3,(H,21,22)(H,14,16,17)(H2,18,19,20)/t8-,9+,11+,12-,29?/m0/s1. The highest BCUT2D eigenvalue weighted by molar-refractivity contribution is 8.27. The van der Waals surface area contributed by atoms with Gasteiger partial charge in [0.05, 0.1) is 12.2 Å². The third-order valence-electron chi connectivity index (χ3n) is 4.44. The van der Waals surface area contributed by atoms with E-state index in [2.05, 4.69) is 4.98 Å². The molecule has 29 heavy (non-hydrogen) atoms. The highest BCUT2D eigenvalue weighted by Gasteiger charge is 2.49. The van der Waals surface area contributed by atoms with Crippen molar-refractivity contribution in [2.45, 2.75) is 31.1 Å². The van der Waals surface area contributed by atoms with Crippen molar-refractivity contribution in [2.75, 3.05) is 19.5 Å². The average molecular weight is 492 g/mol. The number of rotatable bonds is 9. The minimum atomic E-state index is -4.60. The average Bonchev–Trinajstić information content (AvgIpc) is 2.87. The summed E-state index contributed by atoms with van der Waals surface area (Å²) in [7, 11) is -8.93. The molecule has 0 aromatic carbocycles. The Hall–Kier alpha value is -0.530. The molecule has 1 aromatic rings. The minimum absolute atomic E-state index is 0.0604. The summed E-state index contributed by atoms with van der Waals surface area (Å²) in [5, 5.41) is 0. The van der Waals surface area contributed by atoms with Crippen molar-refractivity contribution in [2.24, 2.45) is 5.92 Å². The monoisotopic (exact) mass is 492 g/mol. The number of aromatic amines is 1. The molecule has 166 valence electrons. The zero-order valence-corrected chi connectivity index (χ0v) is 18.9. The lowest BCUT2D eigenvalue weighted by atomic mass is 10.0. The molecule has 1 aliphatic carbocycles. The summed E-state index contributed by atoms with van der Waals surface area (Å²) >= 11 is 4.76. The van der Waals surface area contributed by atoms with Gasteiger partial charge in [-0.1, -0.05) is 0 Å². The molecule has 2 rings (SSSR count). The van der Waals surface area contributed by atoms with E-state index in [-0.39, 0.29) is 12.8 Å². The van der Waals surface area contributed by atoms with Crippen molar-refractivity contribution < 1.29 is 37.0 Å². The van der Waals surface area contributed by atoms with Crippen LogP contribution in [0.4, 0.5) is 0 Å². The number of phosphoric acid groups is 1. The van der Waals surface area contributed by atoms with Crippen molar-refractivity contribution in [1.82, 2.24) is 9.55 Å². The molecule has 16 heteroatoms. The van der Waals surface area contributed by atoms with Gasteiger partial charge in [-0.05, 0) is 29.9 Å². The van der Waals surface area contributed by atoms with E-state index in [1.165, 1.54) is 24.1 Å². The molecule has 0 spiro atoms. The van der Waals surface area contributed by atoms with Gasteiger partial charge in [0.2, 0.25) is 0 Å². The predicted octanol–water partition coefficient (Wildman–Crippen LogP) is -0.192. The van der Waals surface area contributed by atoms with Crippen LogP contribution in [0.2, 0.25) is 0 Å². The molecule has 2 unspecified atom stereocenters. The first kappa shape index (κ1) is 24.7. The lowest BCUT2D eigenvalue weighted by Gasteiger charge is -2.27. The highest BCUT2D eigenvalue weighted by Crippen LogP contribution is 2.52. The molecule has 1 heterocycles. The summed E-state index contributed by atoms with van der Waals surface area (Å²) in [5.74, 6) is -0.649. The first-order valence-corrected chi connectivity index (χ1v) is 14.0. The van der Waals surface area contributed by atoms with Gasteiger partial charge in [0.15, 0.2) is 0 Å². The fourth-order valence-electron chi connectivity index (χ4n) is 3.38. The molecule has 0 bridgehead atoms. The molecule has 1 fully saturated rings. The van der Waals surface area contributed by atoms with Gasteiger partial charge < -0.3 is 19.4 Å². The van der Waals surface area contributed by atoms with Crippen LogP contribution in [0.1, 0.15) is 18.9 Å². The largest absolute Gasteiger partial charge is 0.484 e. The predicted molar refractivity (Wildman–Crippen MR) is 107 cm³/mol. The number of aromatic nitrogens is 2. The third kappa shape index (κ3) is 7.00. The van der Waals surface area contributed by atoms with Crippen molar-refractivity contribution >= 4 is 36.3 Å². The molecular weight excluding hydrogens is 470 g/mol. The van der Waals surface area contributed by atoms with Gasteiger partial charge in [0.1, 0.15) is 12.2 Å². The van der Waals surface area contributed by atoms with E-state index in [1.807, 2.05) is 0 Å². The molecule has 1 aromatic heterocycles. The number of phosphoric ester groups is 1. The van der Waals surface area contributed by atoms with Crippen molar-refractivity contribution in [1.29, 1.82) is 0 Å². The van der Waals surface area contributed by atoms with Crippen LogP contribution in [0.3, 0.4) is 0 Å². The molecule has 0 aliphatic heterocycles. The molecular formula is C13H22N2O10P2S2. The summed E-state index contributed by atoms with van der Waals surface area (Å²) in [6.45, 7) is 0. The van der Waals surface area contributed by atoms with Crippen LogP contribution in [-0.4, -0.2) is 56.0 Å². The van der Waals surface area contributed by atoms with Crippen LogP contribution in [0, 0.1) is 5.92 Å². The normalized spacial score (nSPS) is 28.2. The van der Waals surface area contributed by atoms with E-state index >= 15 is 0 Å². The Labute approximate surface area is 172 Å². The van der Waals surface area contributed by atoms with Crippen molar-refractivity contribution in [3.05, 3.63) is 33.1 Å². The second-order valence-electron chi connectivity index (χ2n) is 6.47. The maximum absolute atomic E-state index is 12.3. The third-order valence-corrected chi connectivity index (χ3v) is 7.93. The Morgan fingerprint density at radius 2 is 1.97 bits per heavy atom. The van der Waals surface area contributed by atoms with Gasteiger partial charge in [-0.3, -0.25) is 23.4 Å². The minimum Gasteiger partial charge on any atom is -0.377 e. The first-order valence-electron chi connectivity index (χ1n) is 8.26. The van der Waals surface area contributed by atoms with E-state index in [4.69, 9.17) is 24.4 Å². The topological polar surface area (TPSA) is 177 Å². The van der Waals surface area contributed by atoms with Gasteiger partial charge in [0, 0.05) is 35.4 Å². The van der Waals surface area contributed by atoms with E-state index in [0.717, 1.165) is 6.07 Å². The van der Waals surface area contributed by atoms with Crippen LogP contribution in [0.25, 0.3) is 0 Å². The van der Waals surface area contributed by atoms with Crippen molar-refractivity contribution in [3.63, 3.8) is 0 Å².